The van der Waals surface area contributed by atoms with Crippen LogP contribution < -0.4 is 4.74 Å². The van der Waals surface area contributed by atoms with Crippen molar-refractivity contribution < 1.29 is 9.47 Å². The van der Waals surface area contributed by atoms with Crippen molar-refractivity contribution in [2.45, 2.75) is 37.4 Å². The molecule has 0 aliphatic heterocycles. The van der Waals surface area contributed by atoms with Gasteiger partial charge in [0.2, 0.25) is 0 Å². The zero-order valence-electron chi connectivity index (χ0n) is 10.0. The fraction of sp³-hybridized carbons (Fsp3) is 0.538. The molecule has 1 aliphatic rings. The molecule has 2 rings (SSSR count). The molecule has 0 N–H and O–H groups in total. The first-order valence-corrected chi connectivity index (χ1v) is 7.18. The fourth-order valence-electron chi connectivity index (χ4n) is 1.84. The summed E-state index contributed by atoms with van der Waals surface area (Å²) >= 11 is 18.1. The maximum absolute atomic E-state index is 6.12. The molecule has 1 aliphatic carbocycles. The first-order valence-electron chi connectivity index (χ1n) is 5.99. The van der Waals surface area contributed by atoms with E-state index in [1.807, 2.05) is 0 Å². The largest absolute Gasteiger partial charge is 0.486 e. The van der Waals surface area contributed by atoms with Crippen LogP contribution in [0.5, 0.6) is 5.75 Å². The number of benzene rings is 1. The van der Waals surface area contributed by atoms with Crippen molar-refractivity contribution in [2.75, 3.05) is 6.61 Å². The maximum Gasteiger partial charge on any atom is 0.139 e. The summed E-state index contributed by atoms with van der Waals surface area (Å²) in [7, 11) is 0. The molecular weight excluding hydrogens is 294 g/mol. The van der Waals surface area contributed by atoms with Crippen molar-refractivity contribution in [3.63, 3.8) is 0 Å². The Morgan fingerprint density at radius 2 is 2.11 bits per heavy atom. The second kappa shape index (κ2) is 6.33. The summed E-state index contributed by atoms with van der Waals surface area (Å²) in [6, 6.07) is 5.16. The number of halogens is 3. The Kier molecular flexibility index (Phi) is 5.02. The van der Waals surface area contributed by atoms with Crippen LogP contribution in [0, 0.1) is 0 Å². The van der Waals surface area contributed by atoms with E-state index in [4.69, 9.17) is 44.3 Å². The molecule has 0 spiro atoms. The first kappa shape index (κ1) is 14.3. The van der Waals surface area contributed by atoms with Gasteiger partial charge in [-0.15, -0.1) is 11.6 Å². The van der Waals surface area contributed by atoms with Crippen molar-refractivity contribution in [3.8, 4) is 5.75 Å². The molecule has 3 unspecified atom stereocenters. The predicted molar refractivity (Wildman–Crippen MR) is 75.2 cm³/mol. The van der Waals surface area contributed by atoms with Gasteiger partial charge in [0.1, 0.15) is 18.0 Å². The molecule has 0 heterocycles. The number of alkyl halides is 1. The molecule has 1 aromatic carbocycles. The lowest BCUT2D eigenvalue weighted by molar-refractivity contribution is -0.0797. The lowest BCUT2D eigenvalue weighted by Crippen LogP contribution is -2.52. The minimum absolute atomic E-state index is 0.0134. The van der Waals surface area contributed by atoms with Crippen LogP contribution in [0.25, 0.3) is 0 Å². The normalized spacial score (nSPS) is 26.8. The van der Waals surface area contributed by atoms with Crippen LogP contribution in [-0.4, -0.2) is 24.2 Å². The van der Waals surface area contributed by atoms with E-state index in [9.17, 15) is 0 Å². The fourth-order valence-corrected chi connectivity index (χ4v) is 2.57. The van der Waals surface area contributed by atoms with Crippen molar-refractivity contribution in [3.05, 3.63) is 28.2 Å². The number of hydrogen-bond donors (Lipinski definition) is 0. The van der Waals surface area contributed by atoms with Gasteiger partial charge in [-0.1, -0.05) is 30.1 Å². The molecule has 0 aromatic heterocycles. The molecular formula is C13H15Cl3O2. The average Bonchev–Trinajstić information content (AvgIpc) is 2.33. The molecule has 3 atom stereocenters. The molecule has 1 aromatic rings. The van der Waals surface area contributed by atoms with E-state index in [2.05, 4.69) is 6.92 Å². The van der Waals surface area contributed by atoms with Gasteiger partial charge in [0.05, 0.1) is 10.4 Å². The highest BCUT2D eigenvalue weighted by Crippen LogP contribution is 2.36. The Bertz CT molecular complexity index is 411. The van der Waals surface area contributed by atoms with E-state index in [1.54, 1.807) is 18.2 Å². The van der Waals surface area contributed by atoms with Crippen molar-refractivity contribution in [1.82, 2.24) is 0 Å². The Morgan fingerprint density at radius 1 is 1.33 bits per heavy atom. The van der Waals surface area contributed by atoms with Crippen LogP contribution in [0.1, 0.15) is 19.8 Å². The molecule has 5 heteroatoms. The SMILES string of the molecule is CCCOC1C(Cl)CC1Oc1cc(Cl)ccc1Cl. The minimum atomic E-state index is -0.0679. The predicted octanol–water partition coefficient (Wildman–Crippen LogP) is 4.55. The summed E-state index contributed by atoms with van der Waals surface area (Å²) < 4.78 is 11.5. The van der Waals surface area contributed by atoms with Crippen molar-refractivity contribution >= 4 is 34.8 Å². The van der Waals surface area contributed by atoms with Gasteiger partial charge in [0, 0.05) is 24.1 Å². The van der Waals surface area contributed by atoms with Gasteiger partial charge in [-0.05, 0) is 18.6 Å². The second-order valence-corrected chi connectivity index (χ2v) is 5.72. The van der Waals surface area contributed by atoms with Crippen LogP contribution in [-0.2, 0) is 4.74 Å². The molecule has 2 nitrogen and oxygen atoms in total. The van der Waals surface area contributed by atoms with Gasteiger partial charge >= 0.3 is 0 Å². The summed E-state index contributed by atoms with van der Waals surface area (Å²) in [5, 5.41) is 1.16. The monoisotopic (exact) mass is 308 g/mol. The lowest BCUT2D eigenvalue weighted by atomic mass is 9.91. The number of ether oxygens (including phenoxy) is 2. The van der Waals surface area contributed by atoms with Crippen LogP contribution in [0.4, 0.5) is 0 Å². The third-order valence-corrected chi connectivity index (χ3v) is 3.84. The molecule has 18 heavy (non-hydrogen) atoms. The Labute approximate surface area is 122 Å². The Hall–Kier alpha value is -0.150. The molecule has 0 bridgehead atoms. The average molecular weight is 310 g/mol. The van der Waals surface area contributed by atoms with Gasteiger partial charge in [-0.2, -0.15) is 0 Å². The van der Waals surface area contributed by atoms with Crippen LogP contribution >= 0.6 is 34.8 Å². The zero-order chi connectivity index (χ0) is 13.1. The second-order valence-electron chi connectivity index (χ2n) is 4.32. The third kappa shape index (κ3) is 3.24. The summed E-state index contributed by atoms with van der Waals surface area (Å²) in [5.74, 6) is 0.586. The highest BCUT2D eigenvalue weighted by Gasteiger charge is 2.42. The maximum atomic E-state index is 6.12. The molecule has 1 saturated carbocycles. The Balaban J connectivity index is 1.98. The van der Waals surface area contributed by atoms with Crippen molar-refractivity contribution in [1.29, 1.82) is 0 Å². The standard InChI is InChI=1S/C13H15Cl3O2/c1-2-5-17-13-10(16)7-12(13)18-11-6-8(14)3-4-9(11)15/h3-4,6,10,12-13H,2,5,7H2,1H3. The summed E-state index contributed by atoms with van der Waals surface area (Å²) in [6.07, 6.45) is 1.61. The van der Waals surface area contributed by atoms with E-state index < -0.39 is 0 Å². The van der Waals surface area contributed by atoms with Crippen LogP contribution in [0.3, 0.4) is 0 Å². The zero-order valence-corrected chi connectivity index (χ0v) is 12.3. The van der Waals surface area contributed by atoms with E-state index in [0.717, 1.165) is 12.8 Å². The van der Waals surface area contributed by atoms with E-state index in [1.165, 1.54) is 0 Å². The van der Waals surface area contributed by atoms with Gasteiger partial charge < -0.3 is 9.47 Å². The molecule has 0 saturated heterocycles. The summed E-state index contributed by atoms with van der Waals surface area (Å²) in [5.41, 5.74) is 0. The molecule has 0 amide bonds. The molecule has 1 fully saturated rings. The topological polar surface area (TPSA) is 18.5 Å². The van der Waals surface area contributed by atoms with E-state index >= 15 is 0 Å². The van der Waals surface area contributed by atoms with E-state index in [-0.39, 0.29) is 17.6 Å². The number of hydrogen-bond acceptors (Lipinski definition) is 2. The minimum Gasteiger partial charge on any atom is -0.486 e. The lowest BCUT2D eigenvalue weighted by Gasteiger charge is -2.40. The quantitative estimate of drug-likeness (QED) is 0.743. The van der Waals surface area contributed by atoms with Crippen LogP contribution in [0.15, 0.2) is 18.2 Å². The van der Waals surface area contributed by atoms with Gasteiger partial charge in [-0.3, -0.25) is 0 Å². The highest BCUT2D eigenvalue weighted by molar-refractivity contribution is 6.34. The third-order valence-electron chi connectivity index (χ3n) is 2.87. The van der Waals surface area contributed by atoms with Gasteiger partial charge in [0.15, 0.2) is 0 Å². The van der Waals surface area contributed by atoms with Crippen molar-refractivity contribution in [2.24, 2.45) is 0 Å². The highest BCUT2D eigenvalue weighted by atomic mass is 35.5. The Morgan fingerprint density at radius 3 is 2.78 bits per heavy atom. The molecule has 0 radical (unpaired) electrons. The summed E-state index contributed by atoms with van der Waals surface area (Å²) in [4.78, 5) is 0. The summed E-state index contributed by atoms with van der Waals surface area (Å²) in [6.45, 7) is 2.75. The first-order chi connectivity index (χ1) is 8.61. The smallest absolute Gasteiger partial charge is 0.139 e. The van der Waals surface area contributed by atoms with E-state index in [0.29, 0.717) is 22.4 Å². The van der Waals surface area contributed by atoms with Gasteiger partial charge in [-0.25, -0.2) is 0 Å². The number of rotatable bonds is 5. The molecule has 100 valence electrons. The van der Waals surface area contributed by atoms with Gasteiger partial charge in [0.25, 0.3) is 0 Å². The van der Waals surface area contributed by atoms with Crippen LogP contribution in [0.2, 0.25) is 10.0 Å².